The highest BCUT2D eigenvalue weighted by Gasteiger charge is 2.17. The molecule has 1 aromatic rings. The van der Waals surface area contributed by atoms with Gasteiger partial charge in [0.1, 0.15) is 0 Å². The quantitative estimate of drug-likeness (QED) is 0.196. The highest BCUT2D eigenvalue weighted by atomic mass is 35.5. The summed E-state index contributed by atoms with van der Waals surface area (Å²) in [5.41, 5.74) is 1.06. The Morgan fingerprint density at radius 3 is 1.58 bits per heavy atom. The normalized spacial score (nSPS) is 12.2. The number of halogens is 1. The fourth-order valence-corrected chi connectivity index (χ4v) is 3.87. The fourth-order valence-electron chi connectivity index (χ4n) is 3.64. The predicted octanol–water partition coefficient (Wildman–Crippen LogP) is 8.41. The third kappa shape index (κ3) is 11.7. The summed E-state index contributed by atoms with van der Waals surface area (Å²) in [4.78, 5) is 11.7. The fraction of sp³-hybridized carbons (Fsp3) is 0.708. The highest BCUT2D eigenvalue weighted by molar-refractivity contribution is 6.64. The standard InChI is InChI=1S/C24H39ClO/c1-2-3-4-5-6-7-8-9-10-11-12-13-14-18-21-23(24(25)26)22-19-16-15-17-20-22/h15-17,19-20,23H,2-14,18,21H2,1H3. The topological polar surface area (TPSA) is 17.1 Å². The minimum Gasteiger partial charge on any atom is -0.281 e. The maximum atomic E-state index is 11.7. The van der Waals surface area contributed by atoms with Crippen molar-refractivity contribution < 1.29 is 4.79 Å². The van der Waals surface area contributed by atoms with Gasteiger partial charge in [0, 0.05) is 0 Å². The number of carbonyl (C=O) groups excluding carboxylic acids is 1. The predicted molar refractivity (Wildman–Crippen MR) is 115 cm³/mol. The van der Waals surface area contributed by atoms with Gasteiger partial charge in [0.05, 0.1) is 5.92 Å². The van der Waals surface area contributed by atoms with Crippen molar-refractivity contribution >= 4 is 16.8 Å². The van der Waals surface area contributed by atoms with Crippen molar-refractivity contribution in [2.45, 2.75) is 109 Å². The number of carbonyl (C=O) groups is 1. The van der Waals surface area contributed by atoms with Gasteiger partial charge in [-0.25, -0.2) is 0 Å². The Kier molecular flexibility index (Phi) is 14.6. The second-order valence-corrected chi connectivity index (χ2v) is 8.02. The SMILES string of the molecule is CCCCCCCCCCCCCCCCC(C(=O)Cl)c1ccccc1. The summed E-state index contributed by atoms with van der Waals surface area (Å²) >= 11 is 5.80. The third-order valence-corrected chi connectivity index (χ3v) is 5.59. The van der Waals surface area contributed by atoms with Crippen LogP contribution < -0.4 is 0 Å². The van der Waals surface area contributed by atoms with Crippen LogP contribution in [0.15, 0.2) is 30.3 Å². The van der Waals surface area contributed by atoms with Crippen LogP contribution in [0.2, 0.25) is 0 Å². The maximum absolute atomic E-state index is 11.7. The van der Waals surface area contributed by atoms with Crippen molar-refractivity contribution in [3.63, 3.8) is 0 Å². The van der Waals surface area contributed by atoms with Gasteiger partial charge in [-0.3, -0.25) is 4.79 Å². The Hall–Kier alpha value is -0.820. The summed E-state index contributed by atoms with van der Waals surface area (Å²) < 4.78 is 0. The summed E-state index contributed by atoms with van der Waals surface area (Å²) in [7, 11) is 0. The molecule has 1 rings (SSSR count). The number of hydrogen-bond acceptors (Lipinski definition) is 1. The molecule has 1 unspecified atom stereocenters. The van der Waals surface area contributed by atoms with Gasteiger partial charge in [-0.05, 0) is 23.6 Å². The van der Waals surface area contributed by atoms with Crippen LogP contribution in [0.1, 0.15) is 115 Å². The van der Waals surface area contributed by atoms with Crippen LogP contribution in [0.4, 0.5) is 0 Å². The second-order valence-electron chi connectivity index (χ2n) is 7.65. The molecular weight excluding hydrogens is 340 g/mol. The third-order valence-electron chi connectivity index (χ3n) is 5.32. The minimum absolute atomic E-state index is 0.129. The van der Waals surface area contributed by atoms with Gasteiger partial charge >= 0.3 is 0 Å². The van der Waals surface area contributed by atoms with Crippen molar-refractivity contribution in [3.8, 4) is 0 Å². The van der Waals surface area contributed by atoms with Crippen molar-refractivity contribution in [3.05, 3.63) is 35.9 Å². The van der Waals surface area contributed by atoms with E-state index in [4.69, 9.17) is 11.6 Å². The number of rotatable bonds is 17. The van der Waals surface area contributed by atoms with Gasteiger partial charge in [0.15, 0.2) is 0 Å². The van der Waals surface area contributed by atoms with Crippen molar-refractivity contribution in [2.75, 3.05) is 0 Å². The Bertz CT molecular complexity index is 443. The van der Waals surface area contributed by atoms with E-state index in [1.165, 1.54) is 83.5 Å². The first kappa shape index (κ1) is 23.2. The molecule has 0 saturated heterocycles. The van der Waals surface area contributed by atoms with Gasteiger partial charge in [-0.15, -0.1) is 0 Å². The largest absolute Gasteiger partial charge is 0.281 e. The molecule has 2 heteroatoms. The summed E-state index contributed by atoms with van der Waals surface area (Å²) in [6, 6.07) is 9.95. The van der Waals surface area contributed by atoms with Crippen molar-refractivity contribution in [1.29, 1.82) is 0 Å². The highest BCUT2D eigenvalue weighted by Crippen LogP contribution is 2.25. The zero-order valence-electron chi connectivity index (χ0n) is 16.9. The molecule has 0 bridgehead atoms. The zero-order valence-corrected chi connectivity index (χ0v) is 17.6. The molecule has 0 aliphatic heterocycles. The summed E-state index contributed by atoms with van der Waals surface area (Å²) in [6.45, 7) is 2.28. The van der Waals surface area contributed by atoms with E-state index in [2.05, 4.69) is 6.92 Å². The van der Waals surface area contributed by atoms with E-state index in [9.17, 15) is 4.79 Å². The smallest absolute Gasteiger partial charge is 0.229 e. The summed E-state index contributed by atoms with van der Waals surface area (Å²) in [5.74, 6) is -0.129. The zero-order chi connectivity index (χ0) is 18.9. The molecule has 26 heavy (non-hydrogen) atoms. The van der Waals surface area contributed by atoms with Gasteiger partial charge < -0.3 is 0 Å². The van der Waals surface area contributed by atoms with Crippen LogP contribution in [-0.2, 0) is 4.79 Å². The van der Waals surface area contributed by atoms with Crippen LogP contribution in [-0.4, -0.2) is 5.24 Å². The molecular formula is C24H39ClO. The molecule has 1 aromatic carbocycles. The van der Waals surface area contributed by atoms with Crippen LogP contribution in [0.3, 0.4) is 0 Å². The molecule has 1 atom stereocenters. The second kappa shape index (κ2) is 16.4. The average Bonchev–Trinajstić information content (AvgIpc) is 2.65. The van der Waals surface area contributed by atoms with Gasteiger partial charge in [-0.2, -0.15) is 0 Å². The summed E-state index contributed by atoms with van der Waals surface area (Å²) in [6.07, 6.45) is 19.9. The van der Waals surface area contributed by atoms with Crippen LogP contribution in [0.5, 0.6) is 0 Å². The summed E-state index contributed by atoms with van der Waals surface area (Å²) in [5, 5.41) is -0.217. The average molecular weight is 379 g/mol. The van der Waals surface area contributed by atoms with Crippen molar-refractivity contribution in [1.82, 2.24) is 0 Å². The van der Waals surface area contributed by atoms with E-state index in [0.717, 1.165) is 18.4 Å². The monoisotopic (exact) mass is 378 g/mol. The van der Waals surface area contributed by atoms with E-state index in [-0.39, 0.29) is 11.2 Å². The number of benzene rings is 1. The molecule has 0 fully saturated rings. The van der Waals surface area contributed by atoms with E-state index in [1.807, 2.05) is 30.3 Å². The molecule has 0 amide bonds. The van der Waals surface area contributed by atoms with E-state index in [1.54, 1.807) is 0 Å². The van der Waals surface area contributed by atoms with Gasteiger partial charge in [0.2, 0.25) is 5.24 Å². The van der Waals surface area contributed by atoms with E-state index < -0.39 is 0 Å². The van der Waals surface area contributed by atoms with E-state index >= 15 is 0 Å². The van der Waals surface area contributed by atoms with Crippen LogP contribution in [0.25, 0.3) is 0 Å². The first-order valence-corrected chi connectivity index (χ1v) is 11.4. The molecule has 1 nitrogen and oxygen atoms in total. The molecule has 0 aliphatic carbocycles. The molecule has 0 aromatic heterocycles. The molecule has 0 saturated carbocycles. The van der Waals surface area contributed by atoms with E-state index in [0.29, 0.717) is 0 Å². The number of hydrogen-bond donors (Lipinski definition) is 0. The first-order valence-electron chi connectivity index (χ1n) is 11.0. The minimum atomic E-state index is -0.217. The Balaban J connectivity index is 1.93. The maximum Gasteiger partial charge on any atom is 0.229 e. The van der Waals surface area contributed by atoms with Crippen LogP contribution >= 0.6 is 11.6 Å². The molecule has 0 heterocycles. The Labute approximate surface area is 166 Å². The molecule has 148 valence electrons. The first-order chi connectivity index (χ1) is 12.8. The molecule has 0 radical (unpaired) electrons. The lowest BCUT2D eigenvalue weighted by atomic mass is 9.94. The van der Waals surface area contributed by atoms with Gasteiger partial charge in [-0.1, -0.05) is 127 Å². The van der Waals surface area contributed by atoms with Crippen molar-refractivity contribution in [2.24, 2.45) is 0 Å². The van der Waals surface area contributed by atoms with Gasteiger partial charge in [0.25, 0.3) is 0 Å². The molecule has 0 spiro atoms. The number of unbranched alkanes of at least 4 members (excludes halogenated alkanes) is 13. The lowest BCUT2D eigenvalue weighted by Crippen LogP contribution is -2.06. The molecule has 0 N–H and O–H groups in total. The Morgan fingerprint density at radius 2 is 1.15 bits per heavy atom. The lowest BCUT2D eigenvalue weighted by molar-refractivity contribution is -0.113. The molecule has 0 aliphatic rings. The lowest BCUT2D eigenvalue weighted by Gasteiger charge is -2.12. The Morgan fingerprint density at radius 1 is 0.731 bits per heavy atom. The van der Waals surface area contributed by atoms with Crippen LogP contribution in [0, 0.1) is 0 Å².